The van der Waals surface area contributed by atoms with E-state index in [1.807, 2.05) is 32.0 Å². The molecule has 5 heteroatoms. The topological polar surface area (TPSA) is 82.2 Å². The van der Waals surface area contributed by atoms with E-state index in [0.717, 1.165) is 11.1 Å². The number of phenolic OH excluding ortho intramolecular Hbond substituents is 1. The maximum atomic E-state index is 12.8. The van der Waals surface area contributed by atoms with Gasteiger partial charge in [-0.25, -0.2) is 0 Å². The zero-order valence-corrected chi connectivity index (χ0v) is 15.6. The third kappa shape index (κ3) is 3.11. The Morgan fingerprint density at radius 1 is 0.929 bits per heavy atom. The van der Waals surface area contributed by atoms with Crippen LogP contribution < -0.4 is 10.7 Å². The average Bonchev–Trinajstić information content (AvgIpc) is 2.68. The molecule has 0 saturated carbocycles. The highest BCUT2D eigenvalue weighted by Crippen LogP contribution is 2.23. The Morgan fingerprint density at radius 3 is 2.36 bits per heavy atom. The summed E-state index contributed by atoms with van der Waals surface area (Å²) in [5.41, 5.74) is 2.02. The number of phenols is 1. The largest absolute Gasteiger partial charge is 0.508 e. The van der Waals surface area contributed by atoms with Crippen LogP contribution in [0.1, 0.15) is 29.8 Å². The van der Waals surface area contributed by atoms with Crippen LogP contribution in [0.25, 0.3) is 21.8 Å². The van der Waals surface area contributed by atoms with Gasteiger partial charge in [-0.3, -0.25) is 9.59 Å². The van der Waals surface area contributed by atoms with Gasteiger partial charge in [0.15, 0.2) is 5.43 Å². The lowest BCUT2D eigenvalue weighted by atomic mass is 9.93. The molecule has 4 aromatic rings. The van der Waals surface area contributed by atoms with Crippen molar-refractivity contribution in [2.75, 3.05) is 0 Å². The number of aromatic amines is 1. The van der Waals surface area contributed by atoms with E-state index in [4.69, 9.17) is 0 Å². The highest BCUT2D eigenvalue weighted by molar-refractivity contribution is 6.00. The molecule has 28 heavy (non-hydrogen) atoms. The molecule has 0 bridgehead atoms. The molecular formula is C23H20N2O3. The number of aromatic nitrogens is 1. The predicted molar refractivity (Wildman–Crippen MR) is 111 cm³/mol. The van der Waals surface area contributed by atoms with Gasteiger partial charge in [0.2, 0.25) is 0 Å². The van der Waals surface area contributed by atoms with E-state index >= 15 is 0 Å². The highest BCUT2D eigenvalue weighted by Gasteiger charge is 2.23. The summed E-state index contributed by atoms with van der Waals surface area (Å²) in [5.74, 6) is -0.0643. The van der Waals surface area contributed by atoms with Crippen LogP contribution in [0.2, 0.25) is 0 Å². The van der Waals surface area contributed by atoms with Crippen molar-refractivity contribution in [2.45, 2.75) is 19.4 Å². The molecule has 0 aliphatic carbocycles. The molecular weight excluding hydrogens is 352 g/mol. The first-order chi connectivity index (χ1) is 13.3. The van der Waals surface area contributed by atoms with Crippen LogP contribution in [0.5, 0.6) is 5.75 Å². The summed E-state index contributed by atoms with van der Waals surface area (Å²) in [6.45, 7) is 3.79. The summed E-state index contributed by atoms with van der Waals surface area (Å²) >= 11 is 0. The minimum Gasteiger partial charge on any atom is -0.508 e. The summed E-state index contributed by atoms with van der Waals surface area (Å²) in [6.07, 6.45) is 0. The maximum Gasteiger partial charge on any atom is 0.252 e. The van der Waals surface area contributed by atoms with E-state index in [2.05, 4.69) is 10.3 Å². The lowest BCUT2D eigenvalue weighted by Crippen LogP contribution is -2.40. The second-order valence-electron chi connectivity index (χ2n) is 7.39. The number of benzene rings is 3. The number of pyridine rings is 1. The monoisotopic (exact) mass is 372 g/mol. The second-order valence-corrected chi connectivity index (χ2v) is 7.39. The van der Waals surface area contributed by atoms with Gasteiger partial charge in [-0.15, -0.1) is 0 Å². The van der Waals surface area contributed by atoms with Crippen molar-refractivity contribution in [1.82, 2.24) is 10.3 Å². The van der Waals surface area contributed by atoms with Crippen LogP contribution >= 0.6 is 0 Å². The number of aromatic hydroxyl groups is 1. The van der Waals surface area contributed by atoms with Crippen molar-refractivity contribution >= 4 is 27.7 Å². The summed E-state index contributed by atoms with van der Waals surface area (Å²) in [6, 6.07) is 19.1. The minimum atomic E-state index is -0.628. The van der Waals surface area contributed by atoms with Gasteiger partial charge >= 0.3 is 0 Å². The van der Waals surface area contributed by atoms with Crippen molar-refractivity contribution in [1.29, 1.82) is 0 Å². The van der Waals surface area contributed by atoms with Crippen molar-refractivity contribution < 1.29 is 9.90 Å². The Kier molecular flexibility index (Phi) is 4.15. The molecule has 1 amide bonds. The fraction of sp³-hybridized carbons (Fsp3) is 0.130. The summed E-state index contributed by atoms with van der Waals surface area (Å²) in [7, 11) is 0. The van der Waals surface area contributed by atoms with Gasteiger partial charge in [0.05, 0.1) is 11.1 Å². The normalized spacial score (nSPS) is 11.6. The van der Waals surface area contributed by atoms with Gasteiger partial charge in [0, 0.05) is 21.9 Å². The lowest BCUT2D eigenvalue weighted by molar-refractivity contribution is 0.0912. The second kappa shape index (κ2) is 6.53. The smallest absolute Gasteiger partial charge is 0.252 e. The molecule has 0 saturated heterocycles. The lowest BCUT2D eigenvalue weighted by Gasteiger charge is -2.27. The van der Waals surface area contributed by atoms with Crippen molar-refractivity contribution in [3.05, 3.63) is 88.1 Å². The number of nitrogens with one attached hydrogen (secondary N) is 2. The van der Waals surface area contributed by atoms with E-state index in [0.29, 0.717) is 21.9 Å². The van der Waals surface area contributed by atoms with Gasteiger partial charge in [-0.1, -0.05) is 24.3 Å². The van der Waals surface area contributed by atoms with Gasteiger partial charge in [-0.2, -0.15) is 0 Å². The molecule has 5 nitrogen and oxygen atoms in total. The van der Waals surface area contributed by atoms with Crippen LogP contribution in [0, 0.1) is 0 Å². The van der Waals surface area contributed by atoms with Crippen LogP contribution in [0.3, 0.4) is 0 Å². The number of hydrogen-bond acceptors (Lipinski definition) is 3. The fourth-order valence-corrected chi connectivity index (χ4v) is 3.37. The SMILES string of the molecule is CC(C)(NC(=O)c1ccc2c(=O)c3ccccc3[nH]c2c1)c1ccc(O)cc1. The highest BCUT2D eigenvalue weighted by atomic mass is 16.3. The Hall–Kier alpha value is -3.60. The molecule has 0 aliphatic heterocycles. The van der Waals surface area contributed by atoms with Crippen LogP contribution in [-0.4, -0.2) is 16.0 Å². The van der Waals surface area contributed by atoms with Crippen molar-refractivity contribution in [3.8, 4) is 5.75 Å². The first-order valence-corrected chi connectivity index (χ1v) is 9.02. The number of carbonyl (C=O) groups is 1. The fourth-order valence-electron chi connectivity index (χ4n) is 3.37. The Balaban J connectivity index is 1.70. The van der Waals surface area contributed by atoms with Crippen molar-refractivity contribution in [2.24, 2.45) is 0 Å². The summed E-state index contributed by atoms with van der Waals surface area (Å²) < 4.78 is 0. The van der Waals surface area contributed by atoms with Crippen LogP contribution in [0.15, 0.2) is 71.5 Å². The Labute approximate surface area is 161 Å². The summed E-state index contributed by atoms with van der Waals surface area (Å²) in [4.78, 5) is 28.7. The summed E-state index contributed by atoms with van der Waals surface area (Å²) in [5, 5.41) is 13.7. The molecule has 4 rings (SSSR count). The van der Waals surface area contributed by atoms with E-state index in [1.165, 1.54) is 0 Å². The molecule has 0 unspecified atom stereocenters. The third-order valence-corrected chi connectivity index (χ3v) is 4.98. The van der Waals surface area contributed by atoms with Gasteiger partial charge in [0.1, 0.15) is 5.75 Å². The van der Waals surface area contributed by atoms with Crippen molar-refractivity contribution in [3.63, 3.8) is 0 Å². The predicted octanol–water partition coefficient (Wildman–Crippen LogP) is 4.05. The minimum absolute atomic E-state index is 0.0549. The molecule has 0 fully saturated rings. The van der Waals surface area contributed by atoms with Gasteiger partial charge < -0.3 is 15.4 Å². The molecule has 140 valence electrons. The molecule has 0 radical (unpaired) electrons. The number of rotatable bonds is 3. The number of amides is 1. The Bertz CT molecular complexity index is 1250. The molecule has 1 aromatic heterocycles. The van der Waals surface area contributed by atoms with E-state index in [1.54, 1.807) is 48.5 Å². The van der Waals surface area contributed by atoms with Gasteiger partial charge in [-0.05, 0) is 61.9 Å². The molecule has 0 atom stereocenters. The van der Waals surface area contributed by atoms with Crippen LogP contribution in [0.4, 0.5) is 0 Å². The number of para-hydroxylation sites is 1. The zero-order valence-electron chi connectivity index (χ0n) is 15.6. The average molecular weight is 372 g/mol. The third-order valence-electron chi connectivity index (χ3n) is 4.98. The van der Waals surface area contributed by atoms with E-state index < -0.39 is 5.54 Å². The molecule has 1 heterocycles. The number of hydrogen-bond donors (Lipinski definition) is 3. The molecule has 0 aliphatic rings. The molecule has 3 N–H and O–H groups in total. The quantitative estimate of drug-likeness (QED) is 0.475. The van der Waals surface area contributed by atoms with E-state index in [9.17, 15) is 14.7 Å². The van der Waals surface area contributed by atoms with E-state index in [-0.39, 0.29) is 17.1 Å². The molecule has 0 spiro atoms. The standard InChI is InChI=1S/C23H20N2O3/c1-23(2,15-8-10-16(26)11-9-15)25-22(28)14-7-12-18-20(13-14)24-19-6-4-3-5-17(19)21(18)27/h3-13,26H,1-2H3,(H,24,27)(H,25,28). The number of carbonyl (C=O) groups excluding carboxylic acids is 1. The number of H-pyrrole nitrogens is 1. The first-order valence-electron chi connectivity index (χ1n) is 9.02. The Morgan fingerprint density at radius 2 is 1.61 bits per heavy atom. The first kappa shape index (κ1) is 17.8. The van der Waals surface area contributed by atoms with Gasteiger partial charge in [0.25, 0.3) is 5.91 Å². The number of fused-ring (bicyclic) bond motifs is 2. The zero-order chi connectivity index (χ0) is 19.9. The maximum absolute atomic E-state index is 12.8. The van der Waals surface area contributed by atoms with Crippen LogP contribution in [-0.2, 0) is 5.54 Å². The molecule has 3 aromatic carbocycles.